The largest absolute Gasteiger partial charge is 0.472 e. The molecule has 3 fully saturated rings. The van der Waals surface area contributed by atoms with Gasteiger partial charge in [0.1, 0.15) is 54.2 Å². The molecular weight excluding hydrogens is 952 g/mol. The number of carbonyl (C=O) groups excluding carboxylic acids is 2. The number of phosphoric ester groups is 2. The highest BCUT2D eigenvalue weighted by atomic mass is 35.5. The van der Waals surface area contributed by atoms with Gasteiger partial charge in [-0.05, 0) is 36.6 Å². The van der Waals surface area contributed by atoms with Crippen molar-refractivity contribution in [2.45, 2.75) is 93.5 Å². The topological polar surface area (TPSA) is 357 Å². The van der Waals surface area contributed by atoms with Gasteiger partial charge in [-0.15, -0.1) is 6.58 Å². The molecule has 7 rings (SSSR count). The number of aromatic nitrogens is 6. The molecule has 3 aliphatic heterocycles. The molecule has 8 N–H and O–H groups in total. The molecule has 11 atom stereocenters. The van der Waals surface area contributed by atoms with Gasteiger partial charge in [0.25, 0.3) is 0 Å². The lowest BCUT2D eigenvalue weighted by molar-refractivity contribution is -0.181. The van der Waals surface area contributed by atoms with Crippen molar-refractivity contribution in [2.75, 3.05) is 38.3 Å². The highest BCUT2D eigenvalue weighted by Crippen LogP contribution is 2.51. The summed E-state index contributed by atoms with van der Waals surface area (Å²) in [6, 6.07) is 6.48. The van der Waals surface area contributed by atoms with Crippen LogP contribution in [0.15, 0.2) is 66.6 Å². The van der Waals surface area contributed by atoms with Crippen LogP contribution in [0.25, 0.3) is 11.2 Å². The van der Waals surface area contributed by atoms with E-state index < -0.39 is 108 Å². The number of anilines is 2. The number of amides is 1. The van der Waals surface area contributed by atoms with Crippen LogP contribution in [-0.4, -0.2) is 141 Å². The third kappa shape index (κ3) is 12.1. The molecule has 29 heteroatoms. The fourth-order valence-electron chi connectivity index (χ4n) is 7.61. The maximum Gasteiger partial charge on any atom is 0.472 e. The normalized spacial score (nSPS) is 26.6. The lowest BCUT2D eigenvalue weighted by atomic mass is 10.0. The molecule has 1 aromatic carbocycles. The second-order valence-electron chi connectivity index (χ2n) is 15.5. The maximum atomic E-state index is 14.3. The smallest absolute Gasteiger partial charge is 0.455 e. The number of nitrogens with two attached hydrogens (primary N) is 2. The summed E-state index contributed by atoms with van der Waals surface area (Å²) in [7, 11) is -9.22. The van der Waals surface area contributed by atoms with Gasteiger partial charge >= 0.3 is 27.3 Å². The first-order valence-corrected chi connectivity index (χ1v) is 23.9. The van der Waals surface area contributed by atoms with Gasteiger partial charge in [0.15, 0.2) is 36.3 Å². The summed E-state index contributed by atoms with van der Waals surface area (Å²) < 4.78 is 73.7. The summed E-state index contributed by atoms with van der Waals surface area (Å²) in [6.45, 7) is 2.02. The molecule has 364 valence electrons. The third-order valence-corrected chi connectivity index (χ3v) is 12.7. The van der Waals surface area contributed by atoms with Gasteiger partial charge in [-0.3, -0.25) is 27.5 Å². The number of imidazole rings is 1. The molecule has 1 amide bonds. The van der Waals surface area contributed by atoms with Gasteiger partial charge < -0.3 is 59.8 Å². The van der Waals surface area contributed by atoms with Crippen molar-refractivity contribution in [3.05, 3.63) is 82.9 Å². The average Bonchev–Trinajstić information content (AvgIpc) is 4.08. The quantitative estimate of drug-likeness (QED) is 0.0411. The summed E-state index contributed by atoms with van der Waals surface area (Å²) in [5, 5.41) is 12.3. The monoisotopic (exact) mass is 999 g/mol. The van der Waals surface area contributed by atoms with Crippen LogP contribution in [0.2, 0.25) is 5.02 Å². The van der Waals surface area contributed by atoms with Crippen LogP contribution in [0.1, 0.15) is 43.7 Å². The Morgan fingerprint density at radius 3 is 2.42 bits per heavy atom. The number of nitrogen functional groups attached to an aromatic ring is 2. The van der Waals surface area contributed by atoms with Crippen molar-refractivity contribution < 1.29 is 75.8 Å². The van der Waals surface area contributed by atoms with Crippen LogP contribution in [0.4, 0.5) is 11.6 Å². The number of aliphatic hydroxyl groups excluding tert-OH is 1. The fourth-order valence-corrected chi connectivity index (χ4v) is 9.03. The zero-order valence-corrected chi connectivity index (χ0v) is 38.0. The van der Waals surface area contributed by atoms with Crippen molar-refractivity contribution in [1.82, 2.24) is 34.0 Å². The first kappa shape index (κ1) is 50.1. The number of phosphoric acid groups is 2. The number of carbonyl (C=O) groups is 2. The minimum absolute atomic E-state index is 0.00592. The van der Waals surface area contributed by atoms with Crippen LogP contribution in [0, 0.1) is 0 Å². The van der Waals surface area contributed by atoms with Crippen LogP contribution >= 0.6 is 27.2 Å². The number of fused-ring (bicyclic) bond motifs is 1. The zero-order valence-electron chi connectivity index (χ0n) is 35.5. The number of benzene rings is 1. The van der Waals surface area contributed by atoms with E-state index in [2.05, 4.69) is 26.5 Å². The highest BCUT2D eigenvalue weighted by molar-refractivity contribution is 7.47. The van der Waals surface area contributed by atoms with Gasteiger partial charge in [0, 0.05) is 44.1 Å². The Balaban J connectivity index is 1.18. The van der Waals surface area contributed by atoms with Crippen LogP contribution in [0.3, 0.4) is 0 Å². The number of esters is 1. The SMILES string of the molecule is C=CCCC(=O)N(C)C(Cc1ccc(Cl)cc1)C(=O)O[C@H]1[C@@H](O)[C@H](n2cnc3c(N)ncnc32)O[C@H]1COP(=O)(O)O[C@H]1[C@@H](O[C@@H]2CCCO2)[C@H](n2ccc(N)nc2=O)O[C@@H]1COP(=O)(O)O. The van der Waals surface area contributed by atoms with Crippen LogP contribution in [0.5, 0.6) is 0 Å². The second-order valence-corrected chi connectivity index (χ2v) is 18.6. The number of allylic oxidation sites excluding steroid dienone is 1. The van der Waals surface area contributed by atoms with Gasteiger partial charge in [0.05, 0.1) is 19.5 Å². The molecule has 2 unspecified atom stereocenters. The molecule has 3 saturated heterocycles. The molecule has 6 heterocycles. The Labute approximate surface area is 385 Å². The minimum Gasteiger partial charge on any atom is -0.455 e. The Hall–Kier alpha value is -4.76. The molecule has 26 nitrogen and oxygen atoms in total. The maximum absolute atomic E-state index is 14.3. The van der Waals surface area contributed by atoms with E-state index in [-0.39, 0.29) is 42.2 Å². The van der Waals surface area contributed by atoms with E-state index in [1.807, 2.05) is 0 Å². The van der Waals surface area contributed by atoms with E-state index in [1.54, 1.807) is 30.3 Å². The Morgan fingerprint density at radius 1 is 1.01 bits per heavy atom. The van der Waals surface area contributed by atoms with Crippen LogP contribution in [-0.2, 0) is 62.4 Å². The number of aliphatic hydroxyl groups is 1. The van der Waals surface area contributed by atoms with Gasteiger partial charge in [-0.25, -0.2) is 33.7 Å². The fraction of sp³-hybridized carbons (Fsp3) is 0.500. The number of likely N-dealkylation sites (N-methyl/N-ethyl adjacent to an activating group) is 1. The van der Waals surface area contributed by atoms with Gasteiger partial charge in [-0.1, -0.05) is 29.8 Å². The van der Waals surface area contributed by atoms with Crippen molar-refractivity contribution in [1.29, 1.82) is 0 Å². The first-order chi connectivity index (χ1) is 31.8. The summed E-state index contributed by atoms with van der Waals surface area (Å²) in [4.78, 5) is 88.3. The van der Waals surface area contributed by atoms with E-state index in [4.69, 9.17) is 60.3 Å². The Morgan fingerprint density at radius 2 is 1.73 bits per heavy atom. The lowest BCUT2D eigenvalue weighted by Crippen LogP contribution is -2.48. The molecule has 0 bridgehead atoms. The zero-order chi connectivity index (χ0) is 48.2. The summed E-state index contributed by atoms with van der Waals surface area (Å²) in [5.41, 5.74) is 11.6. The van der Waals surface area contributed by atoms with Crippen molar-refractivity contribution in [3.8, 4) is 0 Å². The number of hydrogen-bond donors (Lipinski definition) is 6. The summed E-state index contributed by atoms with van der Waals surface area (Å²) in [6.07, 6.45) is -7.66. The molecule has 0 radical (unpaired) electrons. The molecule has 0 aliphatic carbocycles. The summed E-state index contributed by atoms with van der Waals surface area (Å²) in [5.74, 6) is -1.59. The van der Waals surface area contributed by atoms with E-state index in [0.29, 0.717) is 29.8 Å². The van der Waals surface area contributed by atoms with Crippen molar-refractivity contribution in [2.24, 2.45) is 0 Å². The Kier molecular flexibility index (Phi) is 15.9. The minimum atomic E-state index is -5.43. The van der Waals surface area contributed by atoms with Crippen molar-refractivity contribution in [3.63, 3.8) is 0 Å². The molecule has 67 heavy (non-hydrogen) atoms. The van der Waals surface area contributed by atoms with E-state index in [0.717, 1.165) is 10.9 Å². The van der Waals surface area contributed by atoms with Gasteiger partial charge in [-0.2, -0.15) is 4.98 Å². The van der Waals surface area contributed by atoms with E-state index in [9.17, 15) is 43.3 Å². The van der Waals surface area contributed by atoms with E-state index >= 15 is 0 Å². The standard InChI is InChI=1S/C38H48ClN9O17P2/c1-3-4-6-26(49)46(2)22(15-20-8-10-21(39)11-9-20)37(51)64-30-23(61-35(29(30)50)48-19-44-28-33(41)42-18-43-34(28)48)17-60-67(56,57)65-31-24(16-59-66(53,54)55)62-36(32(31)63-27-7-5-14-58-27)47-13-12-25(40)45-38(47)52/h3,8-13,18-19,22-24,27,29-32,35-36,50H,1,4-7,14-17H2,2H3,(H,56,57)(H2,40,45,52)(H2,41,42,43)(H2,53,54,55)/t22?,23-,24+,27+,29+,30+,31+,32+,35+,36+/m0/s1. The number of nitrogens with zero attached hydrogens (tertiary/aromatic N) is 7. The Bertz CT molecular complexity index is 2560. The second kappa shape index (κ2) is 21.3. The van der Waals surface area contributed by atoms with Crippen molar-refractivity contribution >= 4 is 61.9 Å². The predicted molar refractivity (Wildman–Crippen MR) is 230 cm³/mol. The molecule has 4 aromatic rings. The number of rotatable bonds is 20. The number of hydrogen-bond acceptors (Lipinski definition) is 20. The number of halogens is 1. The molecular formula is C38H48ClN9O17P2. The molecule has 3 aliphatic rings. The number of ether oxygens (including phenoxy) is 5. The lowest BCUT2D eigenvalue weighted by Gasteiger charge is -2.30. The molecule has 3 aromatic heterocycles. The van der Waals surface area contributed by atoms with Crippen LogP contribution < -0.4 is 17.2 Å². The third-order valence-electron chi connectivity index (χ3n) is 10.9. The first-order valence-electron chi connectivity index (χ1n) is 20.5. The molecule has 0 spiro atoms. The van der Waals surface area contributed by atoms with Gasteiger partial charge in [0.2, 0.25) is 5.91 Å². The highest BCUT2D eigenvalue weighted by Gasteiger charge is 2.54. The predicted octanol–water partition coefficient (Wildman–Crippen LogP) is 1.14. The average molecular weight is 1000 g/mol. The summed E-state index contributed by atoms with van der Waals surface area (Å²) >= 11 is 6.10. The van der Waals surface area contributed by atoms with E-state index in [1.165, 1.54) is 35.1 Å². The molecule has 0 saturated carbocycles.